The molecular formula is C27H29F2N3O2. The van der Waals surface area contributed by atoms with Gasteiger partial charge in [0.25, 0.3) is 0 Å². The summed E-state index contributed by atoms with van der Waals surface area (Å²) in [6, 6.07) is 9.96. The van der Waals surface area contributed by atoms with E-state index in [2.05, 4.69) is 16.9 Å². The van der Waals surface area contributed by atoms with Crippen molar-refractivity contribution in [3.63, 3.8) is 0 Å². The summed E-state index contributed by atoms with van der Waals surface area (Å²) in [6.07, 6.45) is 6.02. The largest absolute Gasteiger partial charge is 0.488 e. The average molecular weight is 466 g/mol. The molecule has 1 aliphatic rings. The third-order valence-electron chi connectivity index (χ3n) is 7.19. The van der Waals surface area contributed by atoms with Gasteiger partial charge < -0.3 is 14.5 Å². The standard InChI is InChI=1S/C27H29F2N3O2/c1-16(27-31-24-14-22(29)26(15-25(24)32-27)34-12-11-33-2)17-3-5-18(6-4-17)20-9-10-30-23-8-7-19(28)13-21(20)23/h7-10,13-18H,3-6,11-12H2,1-2H3,(H,31,32). The summed E-state index contributed by atoms with van der Waals surface area (Å²) in [7, 11) is 1.58. The topological polar surface area (TPSA) is 60.0 Å². The second-order valence-electron chi connectivity index (χ2n) is 9.23. The van der Waals surface area contributed by atoms with Gasteiger partial charge in [-0.25, -0.2) is 13.8 Å². The molecule has 1 unspecified atom stereocenters. The maximum atomic E-state index is 14.4. The third-order valence-corrected chi connectivity index (χ3v) is 7.19. The van der Waals surface area contributed by atoms with Gasteiger partial charge in [0.1, 0.15) is 18.2 Å². The first-order valence-corrected chi connectivity index (χ1v) is 11.9. The zero-order valence-electron chi connectivity index (χ0n) is 19.5. The molecule has 2 aromatic heterocycles. The molecule has 1 fully saturated rings. The maximum Gasteiger partial charge on any atom is 0.167 e. The van der Waals surface area contributed by atoms with Gasteiger partial charge in [-0.3, -0.25) is 4.98 Å². The molecule has 5 nitrogen and oxygen atoms in total. The number of imidazole rings is 1. The lowest BCUT2D eigenvalue weighted by Crippen LogP contribution is -2.19. The Morgan fingerprint density at radius 3 is 2.65 bits per heavy atom. The fraction of sp³-hybridized carbons (Fsp3) is 0.407. The molecule has 2 aromatic carbocycles. The summed E-state index contributed by atoms with van der Waals surface area (Å²) in [5.41, 5.74) is 3.41. The van der Waals surface area contributed by atoms with E-state index in [4.69, 9.17) is 14.5 Å². The van der Waals surface area contributed by atoms with Gasteiger partial charge in [0, 0.05) is 36.7 Å². The van der Waals surface area contributed by atoms with Crippen LogP contribution in [0.3, 0.4) is 0 Å². The van der Waals surface area contributed by atoms with E-state index in [-0.39, 0.29) is 24.1 Å². The van der Waals surface area contributed by atoms with E-state index in [1.165, 1.54) is 17.7 Å². The first kappa shape index (κ1) is 22.7. The molecular weight excluding hydrogens is 436 g/mol. The SMILES string of the molecule is COCCOc1cc2nc(C(C)C3CCC(c4ccnc5ccc(F)cc45)CC3)[nH]c2cc1F. The smallest absolute Gasteiger partial charge is 0.167 e. The van der Waals surface area contributed by atoms with Crippen LogP contribution in [0.1, 0.15) is 55.8 Å². The molecule has 1 saturated carbocycles. The molecule has 0 aliphatic heterocycles. The lowest BCUT2D eigenvalue weighted by molar-refractivity contribution is 0.144. The van der Waals surface area contributed by atoms with E-state index in [0.717, 1.165) is 42.4 Å². The molecule has 1 N–H and O–H groups in total. The van der Waals surface area contributed by atoms with Gasteiger partial charge in [0.05, 0.1) is 23.2 Å². The normalized spacial score (nSPS) is 19.5. The Morgan fingerprint density at radius 1 is 1.03 bits per heavy atom. The molecule has 0 amide bonds. The van der Waals surface area contributed by atoms with Crippen molar-refractivity contribution in [3.05, 3.63) is 65.6 Å². The molecule has 1 aliphatic carbocycles. The zero-order chi connectivity index (χ0) is 23.7. The van der Waals surface area contributed by atoms with Gasteiger partial charge in [0.15, 0.2) is 11.6 Å². The second kappa shape index (κ2) is 9.66. The first-order valence-electron chi connectivity index (χ1n) is 11.9. The fourth-order valence-corrected chi connectivity index (χ4v) is 5.24. The molecule has 1 atom stereocenters. The molecule has 178 valence electrons. The molecule has 0 saturated heterocycles. The average Bonchev–Trinajstić information content (AvgIpc) is 3.26. The Bertz CT molecular complexity index is 1300. The van der Waals surface area contributed by atoms with Crippen LogP contribution < -0.4 is 4.74 Å². The van der Waals surface area contributed by atoms with Crippen molar-refractivity contribution >= 4 is 21.9 Å². The summed E-state index contributed by atoms with van der Waals surface area (Å²) in [6.45, 7) is 2.87. The van der Waals surface area contributed by atoms with Crippen LogP contribution in [-0.2, 0) is 4.74 Å². The molecule has 34 heavy (non-hydrogen) atoms. The Hall–Kier alpha value is -3.06. The number of nitrogens with zero attached hydrogens (tertiary/aromatic N) is 2. The molecule has 7 heteroatoms. The highest BCUT2D eigenvalue weighted by Crippen LogP contribution is 2.43. The second-order valence-corrected chi connectivity index (χ2v) is 9.23. The van der Waals surface area contributed by atoms with Crippen LogP contribution in [0, 0.1) is 17.6 Å². The predicted octanol–water partition coefficient (Wildman–Crippen LogP) is 6.49. The minimum absolute atomic E-state index is 0.191. The third kappa shape index (κ3) is 4.49. The van der Waals surface area contributed by atoms with Crippen LogP contribution in [0.15, 0.2) is 42.6 Å². The number of pyridine rings is 1. The predicted molar refractivity (Wildman–Crippen MR) is 128 cm³/mol. The van der Waals surface area contributed by atoms with Gasteiger partial charge in [-0.15, -0.1) is 0 Å². The number of hydrogen-bond donors (Lipinski definition) is 1. The van der Waals surface area contributed by atoms with Crippen molar-refractivity contribution in [2.75, 3.05) is 20.3 Å². The molecule has 0 spiro atoms. The Kier molecular flexibility index (Phi) is 6.46. The number of aromatic amines is 1. The van der Waals surface area contributed by atoms with E-state index in [1.54, 1.807) is 25.3 Å². The summed E-state index contributed by atoms with van der Waals surface area (Å²) in [5.74, 6) is 1.53. The van der Waals surface area contributed by atoms with Crippen molar-refractivity contribution in [3.8, 4) is 5.75 Å². The highest BCUT2D eigenvalue weighted by Gasteiger charge is 2.29. The Balaban J connectivity index is 1.29. The Labute approximate surface area is 197 Å². The van der Waals surface area contributed by atoms with Gasteiger partial charge >= 0.3 is 0 Å². The molecule has 5 rings (SSSR count). The van der Waals surface area contributed by atoms with E-state index in [1.807, 2.05) is 12.3 Å². The lowest BCUT2D eigenvalue weighted by atomic mass is 9.73. The van der Waals surface area contributed by atoms with Crippen LogP contribution >= 0.6 is 0 Å². The molecule has 4 aromatic rings. The molecule has 0 bridgehead atoms. The summed E-state index contributed by atoms with van der Waals surface area (Å²) in [4.78, 5) is 12.5. The number of ether oxygens (including phenoxy) is 2. The van der Waals surface area contributed by atoms with E-state index in [9.17, 15) is 8.78 Å². The minimum Gasteiger partial charge on any atom is -0.488 e. The summed E-state index contributed by atoms with van der Waals surface area (Å²) in [5, 5.41) is 0.918. The number of rotatable bonds is 7. The van der Waals surface area contributed by atoms with Crippen molar-refractivity contribution in [1.82, 2.24) is 15.0 Å². The number of H-pyrrole nitrogens is 1. The number of halogens is 2. The van der Waals surface area contributed by atoms with Crippen LogP contribution in [0.5, 0.6) is 5.75 Å². The quantitative estimate of drug-likeness (QED) is 0.317. The van der Waals surface area contributed by atoms with E-state index in [0.29, 0.717) is 29.5 Å². The maximum absolute atomic E-state index is 14.4. The lowest BCUT2D eigenvalue weighted by Gasteiger charge is -2.32. The van der Waals surface area contributed by atoms with Crippen LogP contribution in [0.2, 0.25) is 0 Å². The first-order chi connectivity index (χ1) is 16.5. The summed E-state index contributed by atoms with van der Waals surface area (Å²) < 4.78 is 38.7. The van der Waals surface area contributed by atoms with Crippen molar-refractivity contribution in [1.29, 1.82) is 0 Å². The minimum atomic E-state index is -0.409. The van der Waals surface area contributed by atoms with E-state index < -0.39 is 5.82 Å². The molecule has 2 heterocycles. The van der Waals surface area contributed by atoms with Crippen LogP contribution in [0.25, 0.3) is 21.9 Å². The molecule has 0 radical (unpaired) electrons. The number of hydrogen-bond acceptors (Lipinski definition) is 4. The number of nitrogens with one attached hydrogen (secondary N) is 1. The van der Waals surface area contributed by atoms with Gasteiger partial charge in [-0.2, -0.15) is 0 Å². The van der Waals surface area contributed by atoms with Crippen molar-refractivity contribution < 1.29 is 18.3 Å². The number of benzene rings is 2. The van der Waals surface area contributed by atoms with E-state index >= 15 is 0 Å². The van der Waals surface area contributed by atoms with Gasteiger partial charge in [-0.1, -0.05) is 6.92 Å². The van der Waals surface area contributed by atoms with Crippen LogP contribution in [0.4, 0.5) is 8.78 Å². The highest BCUT2D eigenvalue weighted by atomic mass is 19.1. The Morgan fingerprint density at radius 2 is 1.85 bits per heavy atom. The number of aromatic nitrogens is 3. The van der Waals surface area contributed by atoms with Crippen molar-refractivity contribution in [2.24, 2.45) is 5.92 Å². The fourth-order valence-electron chi connectivity index (χ4n) is 5.24. The number of methoxy groups -OCH3 is 1. The monoisotopic (exact) mass is 465 g/mol. The van der Waals surface area contributed by atoms with Crippen LogP contribution in [-0.4, -0.2) is 35.3 Å². The van der Waals surface area contributed by atoms with Gasteiger partial charge in [-0.05, 0) is 67.3 Å². The van der Waals surface area contributed by atoms with Crippen molar-refractivity contribution in [2.45, 2.75) is 44.4 Å². The number of fused-ring (bicyclic) bond motifs is 2. The highest BCUT2D eigenvalue weighted by molar-refractivity contribution is 5.82. The summed E-state index contributed by atoms with van der Waals surface area (Å²) >= 11 is 0. The van der Waals surface area contributed by atoms with Gasteiger partial charge in [0.2, 0.25) is 0 Å². The zero-order valence-corrected chi connectivity index (χ0v) is 19.5.